The molecule has 29 heavy (non-hydrogen) atoms. The number of hydrogen-bond acceptors (Lipinski definition) is 3. The maximum Gasteiger partial charge on any atom is 0.278 e. The summed E-state index contributed by atoms with van der Waals surface area (Å²) in [6, 6.07) is 5.44. The summed E-state index contributed by atoms with van der Waals surface area (Å²) in [4.78, 5) is 14.3. The molecule has 0 radical (unpaired) electrons. The van der Waals surface area contributed by atoms with E-state index in [1.807, 2.05) is 26.8 Å². The number of sulfonamides is 1. The summed E-state index contributed by atoms with van der Waals surface area (Å²) in [6.45, 7) is 10.3. The number of hydrogen-bond donors (Lipinski definition) is 2. The molecule has 3 atom stereocenters. The lowest BCUT2D eigenvalue weighted by molar-refractivity contribution is -0.917. The maximum atomic E-state index is 13.0. The molecule has 6 nitrogen and oxygen atoms in total. The van der Waals surface area contributed by atoms with Gasteiger partial charge < -0.3 is 10.2 Å². The summed E-state index contributed by atoms with van der Waals surface area (Å²) in [6.07, 6.45) is 4.69. The fourth-order valence-electron chi connectivity index (χ4n) is 4.49. The number of carbonyl (C=O) groups excluding carboxylic acids is 1. The monoisotopic (exact) mass is 422 g/mol. The Morgan fingerprint density at radius 1 is 1.14 bits per heavy atom. The van der Waals surface area contributed by atoms with Crippen molar-refractivity contribution in [2.24, 2.45) is 5.92 Å². The second kappa shape index (κ2) is 9.14. The highest BCUT2D eigenvalue weighted by molar-refractivity contribution is 7.89. The van der Waals surface area contributed by atoms with Gasteiger partial charge in [-0.25, -0.2) is 8.42 Å². The molecule has 1 saturated carbocycles. The number of benzene rings is 1. The van der Waals surface area contributed by atoms with Gasteiger partial charge in [0.25, 0.3) is 5.91 Å². The molecule has 2 fully saturated rings. The van der Waals surface area contributed by atoms with Crippen molar-refractivity contribution < 1.29 is 18.1 Å². The molecule has 1 heterocycles. The van der Waals surface area contributed by atoms with Crippen molar-refractivity contribution in [3.63, 3.8) is 0 Å². The Kier molecular flexibility index (Phi) is 7.02. The van der Waals surface area contributed by atoms with E-state index in [4.69, 9.17) is 0 Å². The van der Waals surface area contributed by atoms with Gasteiger partial charge in [-0.1, -0.05) is 25.8 Å². The topological polar surface area (TPSA) is 70.9 Å². The van der Waals surface area contributed by atoms with Gasteiger partial charge in [-0.05, 0) is 62.8 Å². The molecule has 1 amide bonds. The lowest BCUT2D eigenvalue weighted by Crippen LogP contribution is -3.19. The van der Waals surface area contributed by atoms with Crippen LogP contribution in [-0.2, 0) is 14.8 Å². The minimum absolute atomic E-state index is 0.101. The molecule has 3 rings (SSSR count). The zero-order valence-electron chi connectivity index (χ0n) is 18.2. The Labute approximate surface area is 175 Å². The molecule has 1 aliphatic carbocycles. The summed E-state index contributed by atoms with van der Waals surface area (Å²) in [5, 5.41) is 3.25. The van der Waals surface area contributed by atoms with Crippen molar-refractivity contribution in [2.45, 2.75) is 70.4 Å². The van der Waals surface area contributed by atoms with Gasteiger partial charge >= 0.3 is 0 Å². The van der Waals surface area contributed by atoms with Crippen molar-refractivity contribution in [1.82, 2.24) is 9.62 Å². The van der Waals surface area contributed by atoms with Crippen molar-refractivity contribution in [3.8, 4) is 0 Å². The van der Waals surface area contributed by atoms with Crippen LogP contribution >= 0.6 is 0 Å². The molecule has 0 spiro atoms. The predicted octanol–water partition coefficient (Wildman–Crippen LogP) is 1.28. The molecule has 2 aliphatic rings. The van der Waals surface area contributed by atoms with E-state index in [0.717, 1.165) is 22.4 Å². The van der Waals surface area contributed by atoms with Crippen molar-refractivity contribution in [2.75, 3.05) is 26.2 Å². The van der Waals surface area contributed by atoms with Gasteiger partial charge in [0.2, 0.25) is 10.0 Å². The van der Waals surface area contributed by atoms with Crippen LogP contribution < -0.4 is 10.2 Å². The van der Waals surface area contributed by atoms with E-state index in [9.17, 15) is 13.2 Å². The number of nitrogens with zero attached hydrogens (tertiary/aromatic N) is 1. The average molecular weight is 423 g/mol. The van der Waals surface area contributed by atoms with Crippen LogP contribution in [-0.4, -0.2) is 56.9 Å². The normalized spacial score (nSPS) is 25.5. The summed E-state index contributed by atoms with van der Waals surface area (Å²) in [5.74, 6) is 0.638. The minimum Gasteiger partial charge on any atom is -0.348 e. The molecule has 1 aromatic carbocycles. The highest BCUT2D eigenvalue weighted by atomic mass is 32.2. The molecule has 162 valence electrons. The zero-order valence-corrected chi connectivity index (χ0v) is 19.0. The number of carbonyl (C=O) groups is 1. The Balaban J connectivity index is 1.57. The third-order valence-electron chi connectivity index (χ3n) is 6.93. The van der Waals surface area contributed by atoms with E-state index in [2.05, 4.69) is 12.2 Å². The number of amides is 1. The lowest BCUT2D eigenvalue weighted by atomic mass is 9.86. The van der Waals surface area contributed by atoms with E-state index < -0.39 is 10.0 Å². The van der Waals surface area contributed by atoms with Gasteiger partial charge in [-0.2, -0.15) is 4.31 Å². The maximum absolute atomic E-state index is 13.0. The van der Waals surface area contributed by atoms with E-state index in [0.29, 0.717) is 37.0 Å². The molecule has 1 aliphatic heterocycles. The third-order valence-corrected chi connectivity index (χ3v) is 8.82. The SMILES string of the molecule is Cc1ccc(S(=O)(=O)N2CC[NH+]([C@@H](C)C(=O)N[C@H]3CCCC[C@@H]3C)CC2)cc1C. The number of aryl methyl sites for hydroxylation is 2. The summed E-state index contributed by atoms with van der Waals surface area (Å²) >= 11 is 0. The Bertz CT molecular complexity index is 832. The second-order valence-corrected chi connectivity index (χ2v) is 10.8. The highest BCUT2D eigenvalue weighted by Crippen LogP contribution is 2.23. The fourth-order valence-corrected chi connectivity index (χ4v) is 6.02. The van der Waals surface area contributed by atoms with Gasteiger partial charge in [0.1, 0.15) is 0 Å². The van der Waals surface area contributed by atoms with Crippen LogP contribution in [0.25, 0.3) is 0 Å². The van der Waals surface area contributed by atoms with E-state index in [1.54, 1.807) is 16.4 Å². The second-order valence-electron chi connectivity index (χ2n) is 8.91. The summed E-state index contributed by atoms with van der Waals surface area (Å²) < 4.78 is 27.6. The van der Waals surface area contributed by atoms with Crippen LogP contribution in [0.4, 0.5) is 0 Å². The Hall–Kier alpha value is -1.44. The molecular formula is C22H36N3O3S+. The molecule has 1 aromatic rings. The standard InChI is InChI=1S/C22H35N3O3S/c1-16-9-10-20(15-18(16)3)29(27,28)25-13-11-24(12-14-25)19(4)22(26)23-21-8-6-5-7-17(21)2/h9-10,15,17,19,21H,5-8,11-14H2,1-4H3,(H,23,26)/p+1/t17-,19-,21-/m0/s1. The van der Waals surface area contributed by atoms with Gasteiger partial charge in [-0.15, -0.1) is 0 Å². The lowest BCUT2D eigenvalue weighted by Gasteiger charge is -2.36. The van der Waals surface area contributed by atoms with Gasteiger partial charge in [-0.3, -0.25) is 4.79 Å². The molecule has 2 N–H and O–H groups in total. The fraction of sp³-hybridized carbons (Fsp3) is 0.682. The zero-order chi connectivity index (χ0) is 21.2. The Morgan fingerprint density at radius 2 is 1.79 bits per heavy atom. The molecule has 7 heteroatoms. The van der Waals surface area contributed by atoms with Crippen molar-refractivity contribution in [3.05, 3.63) is 29.3 Å². The first kappa shape index (κ1) is 22.2. The molecule has 0 unspecified atom stereocenters. The highest BCUT2D eigenvalue weighted by Gasteiger charge is 2.35. The van der Waals surface area contributed by atoms with Crippen LogP contribution in [0.2, 0.25) is 0 Å². The first-order valence-electron chi connectivity index (χ1n) is 10.9. The van der Waals surface area contributed by atoms with E-state index >= 15 is 0 Å². The molecular weight excluding hydrogens is 386 g/mol. The quantitative estimate of drug-likeness (QED) is 0.751. The first-order valence-corrected chi connectivity index (χ1v) is 12.4. The van der Waals surface area contributed by atoms with E-state index in [1.165, 1.54) is 19.3 Å². The molecule has 0 aromatic heterocycles. The van der Waals surface area contributed by atoms with Crippen LogP contribution in [0.1, 0.15) is 50.7 Å². The number of quaternary nitrogens is 1. The number of piperazine rings is 1. The van der Waals surface area contributed by atoms with Crippen LogP contribution in [0.5, 0.6) is 0 Å². The average Bonchev–Trinajstić information content (AvgIpc) is 2.71. The molecule has 1 saturated heterocycles. The van der Waals surface area contributed by atoms with Gasteiger partial charge in [0.15, 0.2) is 6.04 Å². The number of rotatable bonds is 5. The van der Waals surface area contributed by atoms with Gasteiger partial charge in [0.05, 0.1) is 31.1 Å². The predicted molar refractivity (Wildman–Crippen MR) is 114 cm³/mol. The Morgan fingerprint density at radius 3 is 2.41 bits per heavy atom. The van der Waals surface area contributed by atoms with Crippen molar-refractivity contribution >= 4 is 15.9 Å². The van der Waals surface area contributed by atoms with Crippen LogP contribution in [0.3, 0.4) is 0 Å². The number of nitrogens with one attached hydrogen (secondary N) is 2. The van der Waals surface area contributed by atoms with Crippen LogP contribution in [0.15, 0.2) is 23.1 Å². The first-order chi connectivity index (χ1) is 13.7. The van der Waals surface area contributed by atoms with Crippen LogP contribution in [0, 0.1) is 19.8 Å². The summed E-state index contributed by atoms with van der Waals surface area (Å²) in [5.41, 5.74) is 2.07. The molecule has 0 bridgehead atoms. The minimum atomic E-state index is -3.48. The van der Waals surface area contributed by atoms with Gasteiger partial charge in [0, 0.05) is 6.04 Å². The van der Waals surface area contributed by atoms with Crippen molar-refractivity contribution in [1.29, 1.82) is 0 Å². The third kappa shape index (κ3) is 5.01. The smallest absolute Gasteiger partial charge is 0.278 e. The van der Waals surface area contributed by atoms with E-state index in [-0.39, 0.29) is 18.0 Å². The summed E-state index contributed by atoms with van der Waals surface area (Å²) in [7, 11) is -3.48. The largest absolute Gasteiger partial charge is 0.348 e.